The third-order valence-electron chi connectivity index (χ3n) is 1.38. The molecule has 13 heavy (non-hydrogen) atoms. The number of aromatic amines is 1. The molecule has 68 valence electrons. The number of nitrogens with zero attached hydrogens (tertiary/aromatic N) is 1. The number of hydrogen-bond donors (Lipinski definition) is 1. The first-order chi connectivity index (χ1) is 6.06. The van der Waals surface area contributed by atoms with E-state index in [0.29, 0.717) is 6.07 Å². The topological polar surface area (TPSA) is 56.6 Å². The van der Waals surface area contributed by atoms with Crippen LogP contribution in [0.5, 0.6) is 0 Å². The van der Waals surface area contributed by atoms with Crippen molar-refractivity contribution in [2.75, 3.05) is 0 Å². The van der Waals surface area contributed by atoms with E-state index < -0.39 is 29.1 Å². The van der Waals surface area contributed by atoms with Crippen molar-refractivity contribution in [3.8, 4) is 6.07 Å². The van der Waals surface area contributed by atoms with Crippen LogP contribution in [0.2, 0.25) is 0 Å². The molecule has 0 bridgehead atoms. The first-order valence-electron chi connectivity index (χ1n) is 3.17. The molecule has 1 aromatic rings. The van der Waals surface area contributed by atoms with E-state index in [1.807, 2.05) is 0 Å². The Kier molecular flexibility index (Phi) is 2.37. The van der Waals surface area contributed by atoms with Crippen LogP contribution in [-0.2, 0) is 0 Å². The van der Waals surface area contributed by atoms with Gasteiger partial charge in [0.2, 0.25) is 0 Å². The predicted molar refractivity (Wildman–Crippen MR) is 36.7 cm³/mol. The Morgan fingerprint density at radius 3 is 2.62 bits per heavy atom. The van der Waals surface area contributed by atoms with E-state index in [1.54, 1.807) is 4.98 Å². The summed E-state index contributed by atoms with van der Waals surface area (Å²) in [5, 5.41) is 8.31. The van der Waals surface area contributed by atoms with Crippen LogP contribution in [0.15, 0.2) is 10.9 Å². The van der Waals surface area contributed by atoms with Crippen molar-refractivity contribution < 1.29 is 13.2 Å². The second kappa shape index (κ2) is 3.31. The highest BCUT2D eigenvalue weighted by molar-refractivity contribution is 5.35. The summed E-state index contributed by atoms with van der Waals surface area (Å²) in [4.78, 5) is 12.4. The van der Waals surface area contributed by atoms with Crippen LogP contribution in [-0.4, -0.2) is 4.98 Å². The summed E-state index contributed by atoms with van der Waals surface area (Å²) in [7, 11) is 0. The molecule has 0 spiro atoms. The minimum Gasteiger partial charge on any atom is -0.298 e. The molecule has 0 atom stereocenters. The molecule has 0 saturated carbocycles. The molecule has 0 saturated heterocycles. The Balaban J connectivity index is 3.50. The zero-order valence-corrected chi connectivity index (χ0v) is 6.14. The van der Waals surface area contributed by atoms with Gasteiger partial charge in [0.1, 0.15) is 11.6 Å². The molecule has 1 aromatic heterocycles. The van der Waals surface area contributed by atoms with Gasteiger partial charge in [-0.3, -0.25) is 9.78 Å². The second-order valence-corrected chi connectivity index (χ2v) is 2.19. The fourth-order valence-electron chi connectivity index (χ4n) is 0.834. The number of rotatable bonds is 1. The van der Waals surface area contributed by atoms with Gasteiger partial charge < -0.3 is 0 Å². The number of nitriles is 1. The van der Waals surface area contributed by atoms with Crippen LogP contribution < -0.4 is 5.56 Å². The molecule has 0 aromatic carbocycles. The van der Waals surface area contributed by atoms with E-state index in [2.05, 4.69) is 0 Å². The molecule has 0 aliphatic heterocycles. The van der Waals surface area contributed by atoms with Gasteiger partial charge in [-0.15, -0.1) is 0 Å². The summed E-state index contributed by atoms with van der Waals surface area (Å²) in [5.74, 6) is -1.18. The number of halogens is 3. The lowest BCUT2D eigenvalue weighted by molar-refractivity contribution is 0.150. The van der Waals surface area contributed by atoms with E-state index in [9.17, 15) is 18.0 Å². The van der Waals surface area contributed by atoms with Gasteiger partial charge in [-0.1, -0.05) is 0 Å². The minimum absolute atomic E-state index is 0.435. The molecule has 6 heteroatoms. The van der Waals surface area contributed by atoms with Crippen LogP contribution in [0.25, 0.3) is 0 Å². The van der Waals surface area contributed by atoms with Gasteiger partial charge in [0.25, 0.3) is 12.0 Å². The summed E-state index contributed by atoms with van der Waals surface area (Å²) in [6, 6.07) is 1.72. The maximum atomic E-state index is 12.4. The summed E-state index contributed by atoms with van der Waals surface area (Å²) >= 11 is 0. The van der Waals surface area contributed by atoms with Gasteiger partial charge in [0.05, 0.1) is 0 Å². The monoisotopic (exact) mass is 188 g/mol. The lowest BCUT2D eigenvalue weighted by Crippen LogP contribution is -2.15. The average Bonchev–Trinajstić information content (AvgIpc) is 2.02. The molecule has 0 amide bonds. The average molecular weight is 188 g/mol. The van der Waals surface area contributed by atoms with Gasteiger partial charge in [-0.2, -0.15) is 9.65 Å². The van der Waals surface area contributed by atoms with Crippen molar-refractivity contribution >= 4 is 0 Å². The molecule has 3 nitrogen and oxygen atoms in total. The Bertz CT molecular complexity index is 419. The maximum Gasteiger partial charge on any atom is 0.268 e. The highest BCUT2D eigenvalue weighted by Crippen LogP contribution is 2.20. The molecule has 1 rings (SSSR count). The molecule has 0 radical (unpaired) electrons. The van der Waals surface area contributed by atoms with Crippen LogP contribution >= 0.6 is 0 Å². The van der Waals surface area contributed by atoms with Gasteiger partial charge >= 0.3 is 0 Å². The Hall–Kier alpha value is -1.77. The number of hydrogen-bond acceptors (Lipinski definition) is 2. The van der Waals surface area contributed by atoms with Crippen LogP contribution in [0.4, 0.5) is 13.2 Å². The zero-order valence-electron chi connectivity index (χ0n) is 6.14. The smallest absolute Gasteiger partial charge is 0.268 e. The summed E-state index contributed by atoms with van der Waals surface area (Å²) in [6.45, 7) is 0. The molecular formula is C7H3F3N2O. The normalized spacial score (nSPS) is 10.1. The van der Waals surface area contributed by atoms with E-state index in [0.717, 1.165) is 0 Å². The third kappa shape index (κ3) is 1.69. The molecule has 0 aliphatic carbocycles. The largest absolute Gasteiger partial charge is 0.298 e. The number of alkyl halides is 2. The van der Waals surface area contributed by atoms with Crippen molar-refractivity contribution in [1.82, 2.24) is 4.98 Å². The molecule has 0 fully saturated rings. The van der Waals surface area contributed by atoms with Crippen LogP contribution in [0, 0.1) is 17.3 Å². The maximum absolute atomic E-state index is 12.4. The van der Waals surface area contributed by atoms with Crippen LogP contribution in [0.3, 0.4) is 0 Å². The molecule has 0 aliphatic rings. The number of nitrogens with one attached hydrogen (secondary N) is 1. The highest BCUT2D eigenvalue weighted by Gasteiger charge is 2.17. The molecule has 1 heterocycles. The van der Waals surface area contributed by atoms with E-state index in [4.69, 9.17) is 5.26 Å². The first-order valence-corrected chi connectivity index (χ1v) is 3.17. The summed E-state index contributed by atoms with van der Waals surface area (Å²) in [6.07, 6.45) is -3.04. The first kappa shape index (κ1) is 9.32. The third-order valence-corrected chi connectivity index (χ3v) is 1.38. The zero-order chi connectivity index (χ0) is 10.0. The standard InChI is InChI=1S/C7H3F3N2O/c8-5-1-3(6(9)10)4(2-11)7(13)12-5/h1,6H,(H,12,13). The van der Waals surface area contributed by atoms with Crippen molar-refractivity contribution in [2.45, 2.75) is 6.43 Å². The highest BCUT2D eigenvalue weighted by atomic mass is 19.3. The van der Waals surface area contributed by atoms with Crippen molar-refractivity contribution in [1.29, 1.82) is 5.26 Å². The van der Waals surface area contributed by atoms with Gasteiger partial charge in [0, 0.05) is 11.6 Å². The van der Waals surface area contributed by atoms with Gasteiger partial charge in [-0.25, -0.2) is 8.78 Å². The fourth-order valence-corrected chi connectivity index (χ4v) is 0.834. The van der Waals surface area contributed by atoms with Crippen molar-refractivity contribution in [2.24, 2.45) is 0 Å². The Morgan fingerprint density at radius 1 is 1.54 bits per heavy atom. The number of pyridine rings is 1. The lowest BCUT2D eigenvalue weighted by Gasteiger charge is -2.00. The Labute approximate surface area is 70.4 Å². The Morgan fingerprint density at radius 2 is 2.15 bits per heavy atom. The molecule has 0 unspecified atom stereocenters. The second-order valence-electron chi connectivity index (χ2n) is 2.19. The van der Waals surface area contributed by atoms with Crippen molar-refractivity contribution in [3.05, 3.63) is 33.5 Å². The quantitative estimate of drug-likeness (QED) is 0.675. The van der Waals surface area contributed by atoms with E-state index >= 15 is 0 Å². The van der Waals surface area contributed by atoms with Crippen molar-refractivity contribution in [3.63, 3.8) is 0 Å². The number of aromatic nitrogens is 1. The predicted octanol–water partition coefficient (Wildman–Crippen LogP) is 1.32. The van der Waals surface area contributed by atoms with Gasteiger partial charge in [-0.05, 0) is 0 Å². The summed E-state index contributed by atoms with van der Waals surface area (Å²) in [5.41, 5.74) is -2.78. The lowest BCUT2D eigenvalue weighted by atomic mass is 10.1. The SMILES string of the molecule is N#Cc1c(C(F)F)cc(F)[nH]c1=O. The summed E-state index contributed by atoms with van der Waals surface area (Å²) < 4.78 is 36.6. The minimum atomic E-state index is -3.04. The van der Waals surface area contributed by atoms with E-state index in [1.165, 1.54) is 6.07 Å². The number of H-pyrrole nitrogens is 1. The van der Waals surface area contributed by atoms with E-state index in [-0.39, 0.29) is 0 Å². The van der Waals surface area contributed by atoms with Crippen LogP contribution in [0.1, 0.15) is 17.6 Å². The molecular weight excluding hydrogens is 185 g/mol. The van der Waals surface area contributed by atoms with Gasteiger partial charge in [0.15, 0.2) is 5.95 Å². The fraction of sp³-hybridized carbons (Fsp3) is 0.143. The molecule has 1 N–H and O–H groups in total.